The van der Waals surface area contributed by atoms with E-state index < -0.39 is 0 Å². The molecule has 2 unspecified atom stereocenters. The third-order valence-electron chi connectivity index (χ3n) is 4.95. The van der Waals surface area contributed by atoms with E-state index >= 15 is 0 Å². The van der Waals surface area contributed by atoms with Crippen molar-refractivity contribution in [2.45, 2.75) is 25.7 Å². The van der Waals surface area contributed by atoms with E-state index in [1.807, 2.05) is 0 Å². The summed E-state index contributed by atoms with van der Waals surface area (Å²) in [5.74, 6) is 1.77. The summed E-state index contributed by atoms with van der Waals surface area (Å²) in [6, 6.07) is 2.16. The van der Waals surface area contributed by atoms with Gasteiger partial charge in [0, 0.05) is 18.0 Å². The number of fused-ring (bicyclic) bond motifs is 2. The van der Waals surface area contributed by atoms with Crippen LogP contribution in [0.25, 0.3) is 0 Å². The molecule has 0 bridgehead atoms. The van der Waals surface area contributed by atoms with E-state index in [1.165, 1.54) is 36.1 Å². The van der Waals surface area contributed by atoms with Crippen LogP contribution in [0.15, 0.2) is 6.07 Å². The maximum atomic E-state index is 12.6. The number of thiophene rings is 1. The second-order valence-corrected chi connectivity index (χ2v) is 7.27. The minimum absolute atomic E-state index is 0.282. The van der Waals surface area contributed by atoms with Crippen LogP contribution < -0.4 is 5.32 Å². The van der Waals surface area contributed by atoms with Crippen LogP contribution in [-0.4, -0.2) is 37.0 Å². The SMILES string of the molecule is O=C(c1cc2c(s1)CCC2)N1CCC2CNCC2C1. The average molecular weight is 276 g/mol. The van der Waals surface area contributed by atoms with Crippen molar-refractivity contribution in [3.63, 3.8) is 0 Å². The van der Waals surface area contributed by atoms with E-state index in [4.69, 9.17) is 0 Å². The Hall–Kier alpha value is -0.870. The standard InChI is InChI=1S/C15H20N2OS/c18-15(14-6-10-2-1-3-13(10)19-14)17-5-4-11-7-16-8-12(11)9-17/h6,11-12,16H,1-5,7-9H2. The van der Waals surface area contributed by atoms with Crippen molar-refractivity contribution in [1.82, 2.24) is 10.2 Å². The molecule has 0 spiro atoms. The third kappa shape index (κ3) is 2.01. The lowest BCUT2D eigenvalue weighted by molar-refractivity contribution is 0.0647. The molecule has 1 aromatic heterocycles. The van der Waals surface area contributed by atoms with Crippen molar-refractivity contribution in [3.05, 3.63) is 21.4 Å². The molecule has 19 heavy (non-hydrogen) atoms. The van der Waals surface area contributed by atoms with Crippen LogP contribution in [0.1, 0.15) is 33.0 Å². The molecule has 0 aromatic carbocycles. The summed E-state index contributed by atoms with van der Waals surface area (Å²) in [4.78, 5) is 17.1. The third-order valence-corrected chi connectivity index (χ3v) is 6.17. The Labute approximate surface area is 118 Å². The van der Waals surface area contributed by atoms with E-state index in [-0.39, 0.29) is 5.91 Å². The van der Waals surface area contributed by atoms with Gasteiger partial charge in [0.15, 0.2) is 0 Å². The van der Waals surface area contributed by atoms with Crippen LogP contribution in [0.2, 0.25) is 0 Å². The maximum Gasteiger partial charge on any atom is 0.263 e. The fraction of sp³-hybridized carbons (Fsp3) is 0.667. The van der Waals surface area contributed by atoms with E-state index in [0.29, 0.717) is 5.92 Å². The summed E-state index contributed by atoms with van der Waals surface area (Å²) in [6.45, 7) is 4.15. The quantitative estimate of drug-likeness (QED) is 0.850. The number of carbonyl (C=O) groups is 1. The number of piperidine rings is 1. The first kappa shape index (κ1) is 11.9. The van der Waals surface area contributed by atoms with Gasteiger partial charge in [-0.1, -0.05) is 0 Å². The Bertz CT molecular complexity index is 489. The lowest BCUT2D eigenvalue weighted by atomic mass is 9.88. The van der Waals surface area contributed by atoms with Crippen molar-refractivity contribution in [2.75, 3.05) is 26.2 Å². The summed E-state index contributed by atoms with van der Waals surface area (Å²) in [5.41, 5.74) is 1.44. The topological polar surface area (TPSA) is 32.3 Å². The Morgan fingerprint density at radius 1 is 1.32 bits per heavy atom. The maximum absolute atomic E-state index is 12.6. The van der Waals surface area contributed by atoms with Gasteiger partial charge in [-0.15, -0.1) is 11.3 Å². The Kier molecular flexibility index (Phi) is 2.88. The molecule has 1 aromatic rings. The number of nitrogens with one attached hydrogen (secondary N) is 1. The molecule has 4 heteroatoms. The van der Waals surface area contributed by atoms with Crippen LogP contribution in [0.3, 0.4) is 0 Å². The summed E-state index contributed by atoms with van der Waals surface area (Å²) >= 11 is 1.74. The summed E-state index contributed by atoms with van der Waals surface area (Å²) in [5, 5.41) is 3.46. The molecule has 4 rings (SSSR count). The molecule has 1 amide bonds. The molecule has 1 N–H and O–H groups in total. The minimum Gasteiger partial charge on any atom is -0.338 e. The first-order valence-corrected chi connectivity index (χ1v) is 8.24. The number of hydrogen-bond acceptors (Lipinski definition) is 3. The fourth-order valence-corrected chi connectivity index (χ4v) is 5.03. The molecule has 2 fully saturated rings. The van der Waals surface area contributed by atoms with Gasteiger partial charge >= 0.3 is 0 Å². The highest BCUT2D eigenvalue weighted by Gasteiger charge is 2.35. The largest absolute Gasteiger partial charge is 0.338 e. The smallest absolute Gasteiger partial charge is 0.263 e. The monoisotopic (exact) mass is 276 g/mol. The molecule has 2 aliphatic heterocycles. The van der Waals surface area contributed by atoms with Gasteiger partial charge in [0.25, 0.3) is 5.91 Å². The zero-order chi connectivity index (χ0) is 12.8. The normalized spacial score (nSPS) is 29.4. The molecule has 3 aliphatic rings. The van der Waals surface area contributed by atoms with Crippen LogP contribution >= 0.6 is 11.3 Å². The summed E-state index contributed by atoms with van der Waals surface area (Å²) in [7, 11) is 0. The number of amides is 1. The van der Waals surface area contributed by atoms with Gasteiger partial charge in [0.2, 0.25) is 0 Å². The zero-order valence-electron chi connectivity index (χ0n) is 11.2. The van der Waals surface area contributed by atoms with Crippen molar-refractivity contribution in [2.24, 2.45) is 11.8 Å². The number of likely N-dealkylation sites (tertiary alicyclic amines) is 1. The molecular weight excluding hydrogens is 256 g/mol. The highest BCUT2D eigenvalue weighted by Crippen LogP contribution is 2.33. The van der Waals surface area contributed by atoms with E-state index in [2.05, 4.69) is 16.3 Å². The van der Waals surface area contributed by atoms with Crippen molar-refractivity contribution in [1.29, 1.82) is 0 Å². The van der Waals surface area contributed by atoms with Gasteiger partial charge in [0.05, 0.1) is 4.88 Å². The Morgan fingerprint density at radius 3 is 3.11 bits per heavy atom. The first-order chi connectivity index (χ1) is 9.31. The van der Waals surface area contributed by atoms with Crippen molar-refractivity contribution in [3.8, 4) is 0 Å². The molecule has 2 atom stereocenters. The lowest BCUT2D eigenvalue weighted by Gasteiger charge is -2.34. The lowest BCUT2D eigenvalue weighted by Crippen LogP contribution is -2.43. The molecule has 1 aliphatic carbocycles. The predicted molar refractivity (Wildman–Crippen MR) is 76.7 cm³/mol. The van der Waals surface area contributed by atoms with Crippen LogP contribution in [-0.2, 0) is 12.8 Å². The number of nitrogens with zero attached hydrogens (tertiary/aromatic N) is 1. The Morgan fingerprint density at radius 2 is 2.21 bits per heavy atom. The van der Waals surface area contributed by atoms with Crippen LogP contribution in [0.4, 0.5) is 0 Å². The van der Waals surface area contributed by atoms with Crippen molar-refractivity contribution >= 4 is 17.2 Å². The second kappa shape index (κ2) is 4.60. The van der Waals surface area contributed by atoms with Gasteiger partial charge in [0.1, 0.15) is 0 Å². The molecule has 0 radical (unpaired) electrons. The first-order valence-electron chi connectivity index (χ1n) is 7.43. The molecule has 3 heterocycles. The summed E-state index contributed by atoms with van der Waals surface area (Å²) in [6.07, 6.45) is 4.80. The van der Waals surface area contributed by atoms with Crippen LogP contribution in [0, 0.1) is 11.8 Å². The molecule has 2 saturated heterocycles. The van der Waals surface area contributed by atoms with Gasteiger partial charge in [-0.05, 0) is 62.2 Å². The minimum atomic E-state index is 0.282. The van der Waals surface area contributed by atoms with Gasteiger partial charge in [-0.2, -0.15) is 0 Å². The van der Waals surface area contributed by atoms with Crippen LogP contribution in [0.5, 0.6) is 0 Å². The Balaban J connectivity index is 1.50. The van der Waals surface area contributed by atoms with E-state index in [9.17, 15) is 4.79 Å². The highest BCUT2D eigenvalue weighted by atomic mass is 32.1. The van der Waals surface area contributed by atoms with Gasteiger partial charge in [-0.3, -0.25) is 4.79 Å². The number of hydrogen-bond donors (Lipinski definition) is 1. The second-order valence-electron chi connectivity index (χ2n) is 6.13. The molecule has 3 nitrogen and oxygen atoms in total. The average Bonchev–Trinajstić information content (AvgIpc) is 3.11. The molecule has 102 valence electrons. The van der Waals surface area contributed by atoms with E-state index in [0.717, 1.165) is 37.0 Å². The molecular formula is C15H20N2OS. The molecule has 0 saturated carbocycles. The van der Waals surface area contributed by atoms with Gasteiger partial charge < -0.3 is 10.2 Å². The zero-order valence-corrected chi connectivity index (χ0v) is 12.0. The predicted octanol–water partition coefficient (Wildman–Crippen LogP) is 1.92. The van der Waals surface area contributed by atoms with Gasteiger partial charge in [-0.25, -0.2) is 0 Å². The number of rotatable bonds is 1. The summed E-state index contributed by atoms with van der Waals surface area (Å²) < 4.78 is 0. The number of aryl methyl sites for hydroxylation is 2. The fourth-order valence-electron chi connectivity index (χ4n) is 3.81. The van der Waals surface area contributed by atoms with E-state index in [1.54, 1.807) is 11.3 Å². The van der Waals surface area contributed by atoms with Crippen molar-refractivity contribution < 1.29 is 4.79 Å². The number of carbonyl (C=O) groups excluding carboxylic acids is 1. The highest BCUT2D eigenvalue weighted by molar-refractivity contribution is 7.14.